The number of hydrogen-bond donors (Lipinski definition) is 2. The number of nitrogen functional groups attached to an aromatic ring is 1. The lowest BCUT2D eigenvalue weighted by molar-refractivity contribution is 0.355. The van der Waals surface area contributed by atoms with Crippen molar-refractivity contribution in [2.45, 2.75) is 6.42 Å². The van der Waals surface area contributed by atoms with E-state index in [1.807, 2.05) is 0 Å². The van der Waals surface area contributed by atoms with Crippen LogP contribution >= 0.6 is 0 Å². The largest absolute Gasteiger partial charge is 0.493 e. The van der Waals surface area contributed by atoms with Crippen LogP contribution in [0.1, 0.15) is 6.42 Å². The van der Waals surface area contributed by atoms with E-state index in [-0.39, 0.29) is 0 Å². The summed E-state index contributed by atoms with van der Waals surface area (Å²) in [4.78, 5) is 0. The Labute approximate surface area is 110 Å². The molecule has 1 atom stereocenters. The van der Waals surface area contributed by atoms with Crippen LogP contribution in [0, 0.1) is 0 Å². The molecule has 3 N–H and O–H groups in total. The van der Waals surface area contributed by atoms with Gasteiger partial charge >= 0.3 is 0 Å². The molecule has 102 valence electrons. The quantitative estimate of drug-likeness (QED) is 0.581. The van der Waals surface area contributed by atoms with Gasteiger partial charge in [0.25, 0.3) is 0 Å². The van der Waals surface area contributed by atoms with E-state index in [1.54, 1.807) is 32.6 Å². The molecule has 0 aliphatic carbocycles. The minimum absolute atomic E-state index is 0.602. The maximum atomic E-state index is 10.9. The topological polar surface area (TPSA) is 73.6 Å². The van der Waals surface area contributed by atoms with Gasteiger partial charge in [-0.2, -0.15) is 0 Å². The van der Waals surface area contributed by atoms with Crippen molar-refractivity contribution in [3.8, 4) is 11.5 Å². The van der Waals surface area contributed by atoms with Crippen LogP contribution in [0.4, 0.5) is 11.4 Å². The van der Waals surface area contributed by atoms with Crippen molar-refractivity contribution >= 4 is 22.2 Å². The molecular formula is C12H20N2O3S. The van der Waals surface area contributed by atoms with E-state index in [0.29, 0.717) is 22.9 Å². The molecule has 1 unspecified atom stereocenters. The predicted molar refractivity (Wildman–Crippen MR) is 76.0 cm³/mol. The second-order valence-electron chi connectivity index (χ2n) is 3.85. The summed E-state index contributed by atoms with van der Waals surface area (Å²) >= 11 is 0. The fourth-order valence-corrected chi connectivity index (χ4v) is 2.10. The Morgan fingerprint density at radius 3 is 2.44 bits per heavy atom. The average Bonchev–Trinajstić information content (AvgIpc) is 2.35. The van der Waals surface area contributed by atoms with E-state index in [4.69, 9.17) is 15.2 Å². The third-order valence-corrected chi connectivity index (χ3v) is 3.34. The number of benzene rings is 1. The number of methoxy groups -OCH3 is 2. The molecule has 0 bridgehead atoms. The first-order valence-corrected chi connectivity index (χ1v) is 7.36. The average molecular weight is 272 g/mol. The van der Waals surface area contributed by atoms with Crippen molar-refractivity contribution in [1.82, 2.24) is 0 Å². The Bertz CT molecular complexity index is 424. The first kappa shape index (κ1) is 14.6. The molecule has 0 saturated heterocycles. The summed E-state index contributed by atoms with van der Waals surface area (Å²) in [6, 6.07) is 3.52. The van der Waals surface area contributed by atoms with Gasteiger partial charge in [-0.05, 0) is 6.42 Å². The van der Waals surface area contributed by atoms with Gasteiger partial charge in [0.05, 0.1) is 25.6 Å². The second-order valence-corrected chi connectivity index (χ2v) is 5.41. The van der Waals surface area contributed by atoms with Crippen molar-refractivity contribution in [2.75, 3.05) is 43.8 Å². The molecule has 1 rings (SSSR count). The molecular weight excluding hydrogens is 252 g/mol. The molecule has 0 spiro atoms. The van der Waals surface area contributed by atoms with Gasteiger partial charge in [0.15, 0.2) is 11.5 Å². The van der Waals surface area contributed by atoms with Crippen LogP contribution < -0.4 is 20.5 Å². The van der Waals surface area contributed by atoms with E-state index in [1.165, 1.54) is 0 Å². The summed E-state index contributed by atoms with van der Waals surface area (Å²) in [6.45, 7) is 0.721. The van der Waals surface area contributed by atoms with Gasteiger partial charge in [0.1, 0.15) is 0 Å². The van der Waals surface area contributed by atoms with Crippen molar-refractivity contribution in [3.05, 3.63) is 12.1 Å². The zero-order valence-electron chi connectivity index (χ0n) is 11.0. The molecule has 18 heavy (non-hydrogen) atoms. The first-order chi connectivity index (χ1) is 8.58. The van der Waals surface area contributed by atoms with Crippen LogP contribution in [0.2, 0.25) is 0 Å². The molecule has 0 heterocycles. The highest BCUT2D eigenvalue weighted by Crippen LogP contribution is 2.34. The Morgan fingerprint density at radius 2 is 1.89 bits per heavy atom. The highest BCUT2D eigenvalue weighted by atomic mass is 32.2. The van der Waals surface area contributed by atoms with Crippen LogP contribution in [0.15, 0.2) is 12.1 Å². The van der Waals surface area contributed by atoms with Crippen molar-refractivity contribution in [2.24, 2.45) is 0 Å². The molecule has 0 amide bonds. The van der Waals surface area contributed by atoms with E-state index < -0.39 is 10.8 Å². The SMILES string of the molecule is COc1cc(N)c(NCCCS(C)=O)cc1OC. The third kappa shape index (κ3) is 4.10. The summed E-state index contributed by atoms with van der Waals surface area (Å²) in [5.41, 5.74) is 7.31. The van der Waals surface area contributed by atoms with Gasteiger partial charge in [-0.1, -0.05) is 0 Å². The fraction of sp³-hybridized carbons (Fsp3) is 0.500. The van der Waals surface area contributed by atoms with E-state index >= 15 is 0 Å². The van der Waals surface area contributed by atoms with Crippen LogP contribution in [0.5, 0.6) is 11.5 Å². The van der Waals surface area contributed by atoms with Crippen molar-refractivity contribution in [3.63, 3.8) is 0 Å². The van der Waals surface area contributed by atoms with Gasteiger partial charge < -0.3 is 20.5 Å². The minimum atomic E-state index is -0.756. The second kappa shape index (κ2) is 7.10. The first-order valence-electron chi connectivity index (χ1n) is 5.64. The number of rotatable bonds is 7. The summed E-state index contributed by atoms with van der Waals surface area (Å²) in [5, 5.41) is 3.20. The Morgan fingerprint density at radius 1 is 1.28 bits per heavy atom. The van der Waals surface area contributed by atoms with Crippen molar-refractivity contribution in [1.29, 1.82) is 0 Å². The van der Waals surface area contributed by atoms with E-state index in [9.17, 15) is 4.21 Å². The van der Waals surface area contributed by atoms with Crippen LogP contribution in [0.3, 0.4) is 0 Å². The van der Waals surface area contributed by atoms with Crippen LogP contribution in [-0.2, 0) is 10.8 Å². The summed E-state index contributed by atoms with van der Waals surface area (Å²) in [7, 11) is 2.40. The Kier molecular flexibility index (Phi) is 5.77. The zero-order valence-corrected chi connectivity index (χ0v) is 11.8. The van der Waals surface area contributed by atoms with Crippen molar-refractivity contribution < 1.29 is 13.7 Å². The number of hydrogen-bond acceptors (Lipinski definition) is 5. The molecule has 0 fully saturated rings. The lowest BCUT2D eigenvalue weighted by Crippen LogP contribution is -2.08. The summed E-state index contributed by atoms with van der Waals surface area (Å²) < 4.78 is 21.3. The standard InChI is InChI=1S/C12H20N2O3S/c1-16-11-7-9(13)10(8-12(11)17-2)14-5-4-6-18(3)15/h7-8,14H,4-6,13H2,1-3H3. The highest BCUT2D eigenvalue weighted by Gasteiger charge is 2.08. The number of anilines is 2. The predicted octanol–water partition coefficient (Wildman–Crippen LogP) is 1.47. The summed E-state index contributed by atoms with van der Waals surface area (Å²) in [6.07, 6.45) is 2.53. The third-order valence-electron chi connectivity index (χ3n) is 2.48. The van der Waals surface area contributed by atoms with Gasteiger partial charge in [-0.25, -0.2) is 0 Å². The molecule has 0 saturated carbocycles. The summed E-state index contributed by atoms with van der Waals surface area (Å²) in [5.74, 6) is 1.92. The number of nitrogens with two attached hydrogens (primary N) is 1. The molecule has 6 heteroatoms. The maximum absolute atomic E-state index is 10.9. The van der Waals surface area contributed by atoms with Gasteiger partial charge in [-0.15, -0.1) is 0 Å². The smallest absolute Gasteiger partial charge is 0.162 e. The Balaban J connectivity index is 2.68. The lowest BCUT2D eigenvalue weighted by atomic mass is 10.2. The Hall–Kier alpha value is -1.43. The van der Waals surface area contributed by atoms with Crippen LogP contribution in [0.25, 0.3) is 0 Å². The van der Waals surface area contributed by atoms with E-state index in [2.05, 4.69) is 5.32 Å². The van der Waals surface area contributed by atoms with Gasteiger partial charge in [0, 0.05) is 41.5 Å². The number of ether oxygens (including phenoxy) is 2. The lowest BCUT2D eigenvalue weighted by Gasteiger charge is -2.13. The molecule has 0 aromatic heterocycles. The zero-order chi connectivity index (χ0) is 13.5. The molecule has 1 aromatic carbocycles. The highest BCUT2D eigenvalue weighted by molar-refractivity contribution is 7.84. The van der Waals surface area contributed by atoms with E-state index in [0.717, 1.165) is 18.7 Å². The van der Waals surface area contributed by atoms with Gasteiger partial charge in [-0.3, -0.25) is 4.21 Å². The monoisotopic (exact) mass is 272 g/mol. The van der Waals surface area contributed by atoms with Crippen LogP contribution in [-0.4, -0.2) is 37.0 Å². The van der Waals surface area contributed by atoms with Gasteiger partial charge in [0.2, 0.25) is 0 Å². The minimum Gasteiger partial charge on any atom is -0.493 e. The number of nitrogens with one attached hydrogen (secondary N) is 1. The fourth-order valence-electron chi connectivity index (χ4n) is 1.55. The molecule has 0 aliphatic rings. The molecule has 0 aliphatic heterocycles. The molecule has 0 radical (unpaired) electrons. The molecule has 5 nitrogen and oxygen atoms in total. The maximum Gasteiger partial charge on any atom is 0.162 e. The normalized spacial score (nSPS) is 11.9. The molecule has 1 aromatic rings.